The molecule has 0 spiro atoms. The largest absolute Gasteiger partial charge is 0.505 e. The average molecular weight is 290 g/mol. The summed E-state index contributed by atoms with van der Waals surface area (Å²) in [6.45, 7) is 0. The Balaban J connectivity index is 3.50. The summed E-state index contributed by atoms with van der Waals surface area (Å²) in [6.07, 6.45) is 0. The van der Waals surface area contributed by atoms with Crippen LogP contribution < -0.4 is 0 Å². The summed E-state index contributed by atoms with van der Waals surface area (Å²) >= 11 is 2.83. The third-order valence-electron chi connectivity index (χ3n) is 1.26. The predicted molar refractivity (Wildman–Crippen MR) is 48.8 cm³/mol. The van der Waals surface area contributed by atoms with Gasteiger partial charge >= 0.3 is 0 Å². The molecule has 0 aliphatic heterocycles. The Bertz CT molecular complexity index is 445. The van der Waals surface area contributed by atoms with Gasteiger partial charge in [0, 0.05) is 15.2 Å². The van der Waals surface area contributed by atoms with Crippen LogP contribution in [0.2, 0.25) is 0 Å². The molecule has 0 aliphatic carbocycles. The average Bonchev–Trinajstić information content (AvgIpc) is 1.94. The zero-order valence-electron chi connectivity index (χ0n) is 5.96. The van der Waals surface area contributed by atoms with Crippen LogP contribution in [0.3, 0.4) is 0 Å². The minimum Gasteiger partial charge on any atom is -0.505 e. The first-order valence-corrected chi connectivity index (χ1v) is 6.05. The lowest BCUT2D eigenvalue weighted by Gasteiger charge is -2.01. The molecule has 0 amide bonds. The summed E-state index contributed by atoms with van der Waals surface area (Å²) in [7, 11) is 0.984. The van der Waals surface area contributed by atoms with E-state index in [4.69, 9.17) is 15.8 Å². The maximum absolute atomic E-state index is 12.7. The van der Waals surface area contributed by atoms with Gasteiger partial charge in [0.05, 0.1) is 4.90 Å². The maximum Gasteiger partial charge on any atom is 0.262 e. The molecule has 0 aromatic heterocycles. The molecule has 0 atom stereocenters. The van der Waals surface area contributed by atoms with Crippen molar-refractivity contribution in [3.8, 4) is 5.75 Å². The highest BCUT2D eigenvalue weighted by Crippen LogP contribution is 2.30. The van der Waals surface area contributed by atoms with Crippen LogP contribution in [0.1, 0.15) is 0 Å². The molecule has 0 saturated heterocycles. The van der Waals surface area contributed by atoms with Crippen molar-refractivity contribution in [2.75, 3.05) is 0 Å². The summed E-state index contributed by atoms with van der Waals surface area (Å²) < 4.78 is 34.3. The highest BCUT2D eigenvalue weighted by Gasteiger charge is 2.17. The fourth-order valence-electron chi connectivity index (χ4n) is 0.705. The van der Waals surface area contributed by atoms with Gasteiger partial charge < -0.3 is 5.11 Å². The summed E-state index contributed by atoms with van der Waals surface area (Å²) in [4.78, 5) is -0.413. The summed E-state index contributed by atoms with van der Waals surface area (Å²) in [5, 5.41) is 8.85. The fraction of sp³-hybridized carbons (Fsp3) is 0. The number of hydrogen-bond acceptors (Lipinski definition) is 3. The summed E-state index contributed by atoms with van der Waals surface area (Å²) in [5.74, 6) is -1.68. The molecule has 0 fully saturated rings. The van der Waals surface area contributed by atoms with Gasteiger partial charge in [-0.15, -0.1) is 0 Å². The topological polar surface area (TPSA) is 54.4 Å². The second-order valence-corrected chi connectivity index (χ2v) is 5.56. The van der Waals surface area contributed by atoms with Crippen molar-refractivity contribution >= 4 is 35.7 Å². The Morgan fingerprint density at radius 3 is 2.46 bits per heavy atom. The number of hydrogen-bond donors (Lipinski definition) is 1. The molecule has 0 saturated carbocycles. The SMILES string of the molecule is O=S(=O)(Cl)c1cc(F)c(O)cc1Br. The lowest BCUT2D eigenvalue weighted by molar-refractivity contribution is 0.430. The Labute approximate surface area is 86.7 Å². The number of benzene rings is 1. The Morgan fingerprint density at radius 1 is 1.46 bits per heavy atom. The van der Waals surface area contributed by atoms with E-state index < -0.39 is 25.5 Å². The Morgan fingerprint density at radius 2 is 2.00 bits per heavy atom. The van der Waals surface area contributed by atoms with Crippen LogP contribution >= 0.6 is 26.6 Å². The summed E-state index contributed by atoms with van der Waals surface area (Å²) in [5.41, 5.74) is 0. The molecule has 1 aromatic rings. The number of rotatable bonds is 1. The second kappa shape index (κ2) is 3.43. The first-order chi connectivity index (χ1) is 5.82. The van der Waals surface area contributed by atoms with Gasteiger partial charge in [-0.1, -0.05) is 0 Å². The Hall–Kier alpha value is -0.330. The van der Waals surface area contributed by atoms with Crippen LogP contribution in [-0.4, -0.2) is 13.5 Å². The fourth-order valence-corrected chi connectivity index (χ4v) is 2.87. The van der Waals surface area contributed by atoms with E-state index in [-0.39, 0.29) is 4.47 Å². The van der Waals surface area contributed by atoms with Crippen LogP contribution in [0.5, 0.6) is 5.75 Å². The van der Waals surface area contributed by atoms with E-state index in [2.05, 4.69) is 15.9 Å². The molecule has 13 heavy (non-hydrogen) atoms. The van der Waals surface area contributed by atoms with Crippen molar-refractivity contribution in [3.63, 3.8) is 0 Å². The second-order valence-electron chi connectivity index (χ2n) is 2.17. The van der Waals surface area contributed by atoms with E-state index in [1.165, 1.54) is 0 Å². The van der Waals surface area contributed by atoms with E-state index in [9.17, 15) is 12.8 Å². The molecule has 1 N–H and O–H groups in total. The maximum atomic E-state index is 12.7. The van der Waals surface area contributed by atoms with Gasteiger partial charge in [0.15, 0.2) is 11.6 Å². The van der Waals surface area contributed by atoms with Gasteiger partial charge in [-0.2, -0.15) is 0 Å². The van der Waals surface area contributed by atoms with Crippen molar-refractivity contribution in [2.45, 2.75) is 4.90 Å². The van der Waals surface area contributed by atoms with Gasteiger partial charge in [0.25, 0.3) is 9.05 Å². The van der Waals surface area contributed by atoms with Gasteiger partial charge in [-0.3, -0.25) is 0 Å². The zero-order valence-corrected chi connectivity index (χ0v) is 9.12. The molecule has 0 heterocycles. The van der Waals surface area contributed by atoms with Gasteiger partial charge in [-0.25, -0.2) is 12.8 Å². The molecule has 7 heteroatoms. The van der Waals surface area contributed by atoms with Gasteiger partial charge in [0.1, 0.15) is 0 Å². The molecule has 1 rings (SSSR count). The molecular formula is C6H3BrClFO3S. The lowest BCUT2D eigenvalue weighted by Crippen LogP contribution is -1.93. The van der Waals surface area contributed by atoms with Crippen molar-refractivity contribution in [1.82, 2.24) is 0 Å². The number of aromatic hydroxyl groups is 1. The molecule has 0 radical (unpaired) electrons. The normalized spacial score (nSPS) is 11.6. The van der Waals surface area contributed by atoms with E-state index in [0.29, 0.717) is 6.07 Å². The molecule has 1 aromatic carbocycles. The van der Waals surface area contributed by atoms with E-state index >= 15 is 0 Å². The quantitative estimate of drug-likeness (QED) is 0.807. The highest BCUT2D eigenvalue weighted by atomic mass is 79.9. The Kier molecular flexibility index (Phi) is 2.84. The van der Waals surface area contributed by atoms with Crippen molar-refractivity contribution in [1.29, 1.82) is 0 Å². The minimum atomic E-state index is -4.00. The van der Waals surface area contributed by atoms with Crippen LogP contribution in [0, 0.1) is 5.82 Å². The van der Waals surface area contributed by atoms with Crippen molar-refractivity contribution < 1.29 is 17.9 Å². The van der Waals surface area contributed by atoms with E-state index in [0.717, 1.165) is 6.07 Å². The van der Waals surface area contributed by atoms with Crippen LogP contribution in [0.25, 0.3) is 0 Å². The number of phenolic OH excluding ortho intramolecular Hbond substituents is 1. The molecule has 0 unspecified atom stereocenters. The smallest absolute Gasteiger partial charge is 0.262 e. The molecular weight excluding hydrogens is 286 g/mol. The van der Waals surface area contributed by atoms with Gasteiger partial charge in [-0.05, 0) is 28.1 Å². The van der Waals surface area contributed by atoms with Crippen molar-refractivity contribution in [3.05, 3.63) is 22.4 Å². The molecule has 0 aliphatic rings. The summed E-state index contributed by atoms with van der Waals surface area (Å²) in [6, 6.07) is 1.56. The van der Waals surface area contributed by atoms with Crippen LogP contribution in [-0.2, 0) is 9.05 Å². The number of halogens is 3. The van der Waals surface area contributed by atoms with Crippen LogP contribution in [0.4, 0.5) is 4.39 Å². The predicted octanol–water partition coefficient (Wildman–Crippen LogP) is 2.22. The van der Waals surface area contributed by atoms with Gasteiger partial charge in [0.2, 0.25) is 0 Å². The molecule has 3 nitrogen and oxygen atoms in total. The minimum absolute atomic E-state index is 0.0152. The highest BCUT2D eigenvalue weighted by molar-refractivity contribution is 9.10. The third-order valence-corrected chi connectivity index (χ3v) is 3.54. The molecule has 0 bridgehead atoms. The van der Waals surface area contributed by atoms with E-state index in [1.54, 1.807) is 0 Å². The lowest BCUT2D eigenvalue weighted by atomic mass is 10.3. The monoisotopic (exact) mass is 288 g/mol. The number of phenols is 1. The third kappa shape index (κ3) is 2.32. The van der Waals surface area contributed by atoms with Crippen LogP contribution in [0.15, 0.2) is 21.5 Å². The molecule has 72 valence electrons. The first-order valence-electron chi connectivity index (χ1n) is 2.95. The zero-order chi connectivity index (χ0) is 10.2. The first kappa shape index (κ1) is 10.7. The standard InChI is InChI=1S/C6H3BrClFO3S/c7-3-1-5(10)4(9)2-6(3)13(8,11)12/h1-2,10H. The van der Waals surface area contributed by atoms with E-state index in [1.807, 2.05) is 0 Å². The van der Waals surface area contributed by atoms with Crippen molar-refractivity contribution in [2.24, 2.45) is 0 Å².